The first-order valence-electron chi connectivity index (χ1n) is 6.90. The summed E-state index contributed by atoms with van der Waals surface area (Å²) in [5.41, 5.74) is 6.94. The molecule has 0 bridgehead atoms. The third-order valence-electron chi connectivity index (χ3n) is 3.74. The van der Waals surface area contributed by atoms with Gasteiger partial charge in [0.2, 0.25) is 0 Å². The van der Waals surface area contributed by atoms with Crippen molar-refractivity contribution in [1.82, 2.24) is 0 Å². The predicted molar refractivity (Wildman–Crippen MR) is 75.7 cm³/mol. The molecule has 0 spiro atoms. The monoisotopic (exact) mass is 285 g/mol. The van der Waals surface area contributed by atoms with Crippen molar-refractivity contribution in [1.29, 1.82) is 0 Å². The predicted octanol–water partition coefficient (Wildman–Crippen LogP) is 4.05. The van der Waals surface area contributed by atoms with Crippen molar-refractivity contribution in [3.8, 4) is 0 Å². The fourth-order valence-electron chi connectivity index (χ4n) is 2.58. The van der Waals surface area contributed by atoms with Crippen LogP contribution in [0.15, 0.2) is 18.2 Å². The Bertz CT molecular complexity index is 417. The van der Waals surface area contributed by atoms with Crippen molar-refractivity contribution in [2.24, 2.45) is 5.73 Å². The van der Waals surface area contributed by atoms with Gasteiger partial charge in [0, 0.05) is 5.54 Å². The molecular formula is C15H21ClFNO. The lowest BCUT2D eigenvalue weighted by atomic mass is 9.93. The third-order valence-corrected chi connectivity index (χ3v) is 4.05. The summed E-state index contributed by atoms with van der Waals surface area (Å²) in [5, 5.41) is 0.141. The molecule has 0 atom stereocenters. The number of benzene rings is 1. The molecule has 0 heterocycles. The molecule has 1 saturated carbocycles. The van der Waals surface area contributed by atoms with E-state index in [1.165, 1.54) is 31.7 Å². The van der Waals surface area contributed by atoms with Crippen LogP contribution in [0.1, 0.15) is 44.1 Å². The van der Waals surface area contributed by atoms with Gasteiger partial charge in [-0.25, -0.2) is 4.39 Å². The van der Waals surface area contributed by atoms with Gasteiger partial charge in [-0.05, 0) is 30.5 Å². The molecule has 0 amide bonds. The Hall–Kier alpha value is -0.640. The molecular weight excluding hydrogens is 265 g/mol. The average molecular weight is 286 g/mol. The maximum atomic E-state index is 13.3. The second-order valence-corrected chi connectivity index (χ2v) is 5.93. The lowest BCUT2D eigenvalue weighted by Gasteiger charge is -2.27. The van der Waals surface area contributed by atoms with Crippen molar-refractivity contribution in [2.45, 2.75) is 50.7 Å². The lowest BCUT2D eigenvalue weighted by molar-refractivity contribution is 0.0666. The maximum absolute atomic E-state index is 13.3. The van der Waals surface area contributed by atoms with Gasteiger partial charge >= 0.3 is 0 Å². The first-order chi connectivity index (χ1) is 9.09. The fourth-order valence-corrected chi connectivity index (χ4v) is 2.70. The summed E-state index contributed by atoms with van der Waals surface area (Å²) in [6.45, 7) is 0.921. The van der Waals surface area contributed by atoms with E-state index in [1.54, 1.807) is 12.1 Å². The van der Waals surface area contributed by atoms with Crippen molar-refractivity contribution in [2.75, 3.05) is 6.61 Å². The zero-order chi connectivity index (χ0) is 13.7. The highest BCUT2D eigenvalue weighted by molar-refractivity contribution is 6.30. The molecule has 0 unspecified atom stereocenters. The molecule has 2 rings (SSSR count). The quantitative estimate of drug-likeness (QED) is 0.847. The normalized spacial score (nSPS) is 19.1. The van der Waals surface area contributed by atoms with Crippen LogP contribution in [0.4, 0.5) is 4.39 Å². The van der Waals surface area contributed by atoms with Crippen LogP contribution < -0.4 is 5.73 Å². The summed E-state index contributed by atoms with van der Waals surface area (Å²) in [5.74, 6) is -0.403. The van der Waals surface area contributed by atoms with Crippen LogP contribution in [0.25, 0.3) is 0 Å². The number of halogens is 2. The first kappa shape index (κ1) is 14.8. The topological polar surface area (TPSA) is 35.2 Å². The zero-order valence-corrected chi connectivity index (χ0v) is 11.9. The lowest BCUT2D eigenvalue weighted by Crippen LogP contribution is -2.43. The Morgan fingerprint density at radius 1 is 1.21 bits per heavy atom. The molecule has 2 nitrogen and oxygen atoms in total. The van der Waals surface area contributed by atoms with E-state index in [0.29, 0.717) is 13.2 Å². The van der Waals surface area contributed by atoms with E-state index in [1.807, 2.05) is 0 Å². The van der Waals surface area contributed by atoms with Crippen molar-refractivity contribution >= 4 is 11.6 Å². The molecule has 19 heavy (non-hydrogen) atoms. The number of ether oxygens (including phenoxy) is 1. The minimum Gasteiger partial charge on any atom is -0.375 e. The van der Waals surface area contributed by atoms with Gasteiger partial charge in [-0.15, -0.1) is 0 Å². The van der Waals surface area contributed by atoms with Crippen LogP contribution in [0.3, 0.4) is 0 Å². The van der Waals surface area contributed by atoms with Gasteiger partial charge < -0.3 is 10.5 Å². The summed E-state index contributed by atoms with van der Waals surface area (Å²) in [6, 6.07) is 4.75. The second kappa shape index (κ2) is 6.69. The standard InChI is InChI=1S/C15H21ClFNO/c16-13-6-5-12(9-14(13)17)10-19-11-15(18)7-3-1-2-4-8-15/h5-6,9H,1-4,7-8,10-11,18H2. The largest absolute Gasteiger partial charge is 0.375 e. The van der Waals surface area contributed by atoms with Crippen LogP contribution in [0, 0.1) is 5.82 Å². The second-order valence-electron chi connectivity index (χ2n) is 5.52. The number of nitrogens with two attached hydrogens (primary N) is 1. The fraction of sp³-hybridized carbons (Fsp3) is 0.600. The minimum atomic E-state index is -0.403. The highest BCUT2D eigenvalue weighted by atomic mass is 35.5. The van der Waals surface area contributed by atoms with E-state index in [0.717, 1.165) is 18.4 Å². The first-order valence-corrected chi connectivity index (χ1v) is 7.27. The molecule has 1 aromatic carbocycles. The molecule has 2 N–H and O–H groups in total. The number of hydrogen-bond acceptors (Lipinski definition) is 2. The van der Waals surface area contributed by atoms with Gasteiger partial charge in [-0.2, -0.15) is 0 Å². The highest BCUT2D eigenvalue weighted by Crippen LogP contribution is 2.25. The maximum Gasteiger partial charge on any atom is 0.142 e. The Labute approximate surface area is 119 Å². The molecule has 0 aliphatic heterocycles. The number of hydrogen-bond donors (Lipinski definition) is 1. The Balaban J connectivity index is 1.83. The van der Waals surface area contributed by atoms with E-state index in [2.05, 4.69) is 0 Å². The van der Waals surface area contributed by atoms with Crippen LogP contribution in [0.2, 0.25) is 5.02 Å². The summed E-state index contributed by atoms with van der Waals surface area (Å²) in [7, 11) is 0. The van der Waals surface area contributed by atoms with Crippen LogP contribution in [-0.2, 0) is 11.3 Å². The molecule has 0 radical (unpaired) electrons. The van der Waals surface area contributed by atoms with Gasteiger partial charge in [0.05, 0.1) is 18.2 Å². The van der Waals surface area contributed by atoms with Crippen LogP contribution >= 0.6 is 11.6 Å². The van der Waals surface area contributed by atoms with Crippen LogP contribution in [0.5, 0.6) is 0 Å². The Morgan fingerprint density at radius 3 is 2.53 bits per heavy atom. The smallest absolute Gasteiger partial charge is 0.142 e. The van der Waals surface area contributed by atoms with E-state index in [9.17, 15) is 4.39 Å². The van der Waals surface area contributed by atoms with E-state index >= 15 is 0 Å². The molecule has 1 aromatic rings. The molecule has 1 aliphatic carbocycles. The Kier molecular flexibility index (Phi) is 5.20. The van der Waals surface area contributed by atoms with Gasteiger partial charge in [0.15, 0.2) is 0 Å². The summed E-state index contributed by atoms with van der Waals surface area (Å²) < 4.78 is 19.0. The van der Waals surface area contributed by atoms with Gasteiger partial charge in [-0.3, -0.25) is 0 Å². The van der Waals surface area contributed by atoms with E-state index in [-0.39, 0.29) is 10.6 Å². The summed E-state index contributed by atoms with van der Waals surface area (Å²) in [4.78, 5) is 0. The molecule has 0 aromatic heterocycles. The van der Waals surface area contributed by atoms with Crippen molar-refractivity contribution in [3.63, 3.8) is 0 Å². The van der Waals surface area contributed by atoms with E-state index in [4.69, 9.17) is 22.1 Å². The third kappa shape index (κ3) is 4.44. The van der Waals surface area contributed by atoms with Crippen molar-refractivity contribution in [3.05, 3.63) is 34.6 Å². The summed E-state index contributed by atoms with van der Waals surface area (Å²) in [6.07, 6.45) is 6.91. The average Bonchev–Trinajstić information content (AvgIpc) is 2.59. The molecule has 106 valence electrons. The van der Waals surface area contributed by atoms with Gasteiger partial charge in [-0.1, -0.05) is 43.4 Å². The van der Waals surface area contributed by atoms with Gasteiger partial charge in [0.1, 0.15) is 5.82 Å². The minimum absolute atomic E-state index is 0.141. The molecule has 1 fully saturated rings. The van der Waals surface area contributed by atoms with Crippen molar-refractivity contribution < 1.29 is 9.13 Å². The van der Waals surface area contributed by atoms with Gasteiger partial charge in [0.25, 0.3) is 0 Å². The van der Waals surface area contributed by atoms with E-state index < -0.39 is 5.82 Å². The van der Waals surface area contributed by atoms with Crippen LogP contribution in [-0.4, -0.2) is 12.1 Å². The SMILES string of the molecule is NC1(COCc2ccc(Cl)c(F)c2)CCCCCC1. The molecule has 1 aliphatic rings. The molecule has 4 heteroatoms. The highest BCUT2D eigenvalue weighted by Gasteiger charge is 2.26. The Morgan fingerprint density at radius 2 is 1.89 bits per heavy atom. The zero-order valence-electron chi connectivity index (χ0n) is 11.1. The number of rotatable bonds is 4. The molecule has 0 saturated heterocycles. The summed E-state index contributed by atoms with van der Waals surface area (Å²) >= 11 is 5.64.